The topological polar surface area (TPSA) is 24.7 Å². The SMILES string of the molecule is [c]1ccc2c(c1)=c1ccc3c(c1N=2)-c1ccccc1N=3. The Hall–Kier alpha value is -2.74. The number of hydrogen-bond acceptors (Lipinski definition) is 2. The lowest BCUT2D eigenvalue weighted by Crippen LogP contribution is -2.00. The average Bonchev–Trinajstić information content (AvgIpc) is 3.04. The number of hydrogen-bond donors (Lipinski definition) is 0. The van der Waals surface area contributed by atoms with Gasteiger partial charge < -0.3 is 0 Å². The molecule has 20 heavy (non-hydrogen) atoms. The fourth-order valence-corrected chi connectivity index (χ4v) is 3.04. The van der Waals surface area contributed by atoms with E-state index in [0.717, 1.165) is 32.9 Å². The van der Waals surface area contributed by atoms with Gasteiger partial charge in [-0.2, -0.15) is 0 Å². The van der Waals surface area contributed by atoms with E-state index in [1.54, 1.807) is 0 Å². The molecule has 0 saturated carbocycles. The van der Waals surface area contributed by atoms with Crippen molar-refractivity contribution in [2.24, 2.45) is 9.98 Å². The zero-order valence-electron chi connectivity index (χ0n) is 10.6. The van der Waals surface area contributed by atoms with Crippen molar-refractivity contribution in [3.63, 3.8) is 0 Å². The molecular formula is C18H9N2. The molecule has 0 aliphatic carbocycles. The van der Waals surface area contributed by atoms with E-state index in [9.17, 15) is 0 Å². The van der Waals surface area contributed by atoms with E-state index < -0.39 is 0 Å². The van der Waals surface area contributed by atoms with Crippen molar-refractivity contribution in [3.05, 3.63) is 81.8 Å². The number of rotatable bonds is 0. The normalized spacial score (nSPS) is 12.8. The van der Waals surface area contributed by atoms with Gasteiger partial charge in [0.1, 0.15) is 0 Å². The van der Waals surface area contributed by atoms with Crippen molar-refractivity contribution in [2.45, 2.75) is 0 Å². The highest BCUT2D eigenvalue weighted by Gasteiger charge is 2.19. The van der Waals surface area contributed by atoms with Gasteiger partial charge in [-0.1, -0.05) is 24.3 Å². The predicted octanol–water partition coefficient (Wildman–Crippen LogP) is 2.97. The van der Waals surface area contributed by atoms with E-state index in [0.29, 0.717) is 0 Å². The van der Waals surface area contributed by atoms with Crippen molar-refractivity contribution in [3.8, 4) is 11.1 Å². The Morgan fingerprint density at radius 3 is 2.75 bits per heavy atom. The summed E-state index contributed by atoms with van der Waals surface area (Å²) < 4.78 is 0. The van der Waals surface area contributed by atoms with Gasteiger partial charge in [-0.15, -0.1) is 0 Å². The summed E-state index contributed by atoms with van der Waals surface area (Å²) in [7, 11) is 0. The molecule has 2 nitrogen and oxygen atoms in total. The van der Waals surface area contributed by atoms with Gasteiger partial charge in [0.25, 0.3) is 0 Å². The first-order valence-corrected chi connectivity index (χ1v) is 6.62. The third-order valence-electron chi connectivity index (χ3n) is 3.93. The van der Waals surface area contributed by atoms with Crippen LogP contribution >= 0.6 is 0 Å². The number of benzene rings is 3. The van der Waals surface area contributed by atoms with Crippen LogP contribution in [0.5, 0.6) is 0 Å². The molecule has 3 aromatic rings. The molecule has 0 atom stereocenters. The van der Waals surface area contributed by atoms with E-state index in [2.05, 4.69) is 41.4 Å². The van der Waals surface area contributed by atoms with Crippen LogP contribution in [0.1, 0.15) is 0 Å². The number of para-hydroxylation sites is 1. The van der Waals surface area contributed by atoms with Gasteiger partial charge in [-0.05, 0) is 36.4 Å². The predicted molar refractivity (Wildman–Crippen MR) is 76.5 cm³/mol. The monoisotopic (exact) mass is 253 g/mol. The van der Waals surface area contributed by atoms with E-state index in [1.807, 2.05) is 24.3 Å². The lowest BCUT2D eigenvalue weighted by molar-refractivity contribution is 1.36. The molecule has 0 aromatic heterocycles. The second kappa shape index (κ2) is 3.42. The highest BCUT2D eigenvalue weighted by atomic mass is 14.8. The lowest BCUT2D eigenvalue weighted by atomic mass is 10.0. The second-order valence-electron chi connectivity index (χ2n) is 5.04. The van der Waals surface area contributed by atoms with Gasteiger partial charge in [0.15, 0.2) is 0 Å². The Kier molecular flexibility index (Phi) is 1.73. The summed E-state index contributed by atoms with van der Waals surface area (Å²) in [4.78, 5) is 9.49. The molecule has 3 aromatic carbocycles. The number of fused-ring (bicyclic) bond motifs is 6. The van der Waals surface area contributed by atoms with Gasteiger partial charge in [0.2, 0.25) is 0 Å². The van der Waals surface area contributed by atoms with Gasteiger partial charge >= 0.3 is 0 Å². The molecule has 2 aliphatic rings. The summed E-state index contributed by atoms with van der Waals surface area (Å²) in [5.41, 5.74) is 4.42. The molecule has 0 unspecified atom stereocenters. The Morgan fingerprint density at radius 1 is 0.800 bits per heavy atom. The zero-order valence-corrected chi connectivity index (χ0v) is 10.6. The van der Waals surface area contributed by atoms with Crippen LogP contribution in [0.3, 0.4) is 0 Å². The van der Waals surface area contributed by atoms with E-state index >= 15 is 0 Å². The van der Waals surface area contributed by atoms with Crippen LogP contribution in [0.25, 0.3) is 11.1 Å². The third kappa shape index (κ3) is 1.14. The Labute approximate surface area is 115 Å². The van der Waals surface area contributed by atoms with Gasteiger partial charge in [0.05, 0.1) is 22.1 Å². The standard InChI is InChI=1S/C18H9N2/c1-3-7-14-11(5-1)12-9-10-16-17(18(12)20-14)13-6-2-4-8-15(13)19-16/h2-10H. The molecule has 0 saturated heterocycles. The van der Waals surface area contributed by atoms with E-state index in [-0.39, 0.29) is 0 Å². The molecule has 0 bridgehead atoms. The quantitative estimate of drug-likeness (QED) is 0.405. The molecule has 2 heterocycles. The minimum absolute atomic E-state index is 1.02. The first-order valence-electron chi connectivity index (χ1n) is 6.62. The van der Waals surface area contributed by atoms with Crippen LogP contribution in [0.2, 0.25) is 0 Å². The molecule has 2 heteroatoms. The summed E-state index contributed by atoms with van der Waals surface area (Å²) >= 11 is 0. The summed E-state index contributed by atoms with van der Waals surface area (Å²) in [6.45, 7) is 0. The van der Waals surface area contributed by atoms with Crippen LogP contribution in [-0.2, 0) is 0 Å². The maximum absolute atomic E-state index is 4.81. The molecule has 0 amide bonds. The van der Waals surface area contributed by atoms with Crippen molar-refractivity contribution in [1.82, 2.24) is 0 Å². The van der Waals surface area contributed by atoms with Crippen molar-refractivity contribution < 1.29 is 0 Å². The van der Waals surface area contributed by atoms with Crippen LogP contribution in [0, 0.1) is 16.5 Å². The Balaban J connectivity index is 2.03. The second-order valence-corrected chi connectivity index (χ2v) is 5.04. The van der Waals surface area contributed by atoms with E-state index in [1.165, 1.54) is 10.8 Å². The van der Waals surface area contributed by atoms with Crippen LogP contribution in [0.4, 0.5) is 11.4 Å². The van der Waals surface area contributed by atoms with E-state index in [4.69, 9.17) is 4.99 Å². The van der Waals surface area contributed by atoms with Gasteiger partial charge in [-0.25, -0.2) is 9.98 Å². The molecule has 91 valence electrons. The molecule has 0 N–H and O–H groups in total. The fraction of sp³-hybridized carbons (Fsp3) is 0. The van der Waals surface area contributed by atoms with Crippen LogP contribution in [0.15, 0.2) is 64.6 Å². The molecule has 0 spiro atoms. The molecule has 2 aliphatic heterocycles. The first kappa shape index (κ1) is 10.1. The largest absolute Gasteiger partial charge is 0.248 e. The highest BCUT2D eigenvalue weighted by Crippen LogP contribution is 2.38. The minimum Gasteiger partial charge on any atom is -0.248 e. The van der Waals surface area contributed by atoms with Gasteiger partial charge in [-0.3, -0.25) is 0 Å². The molecule has 5 rings (SSSR count). The maximum atomic E-state index is 4.81. The number of nitrogens with zero attached hydrogens (tertiary/aromatic N) is 2. The van der Waals surface area contributed by atoms with Crippen molar-refractivity contribution in [2.75, 3.05) is 0 Å². The zero-order chi connectivity index (χ0) is 13.1. The molecule has 0 fully saturated rings. The van der Waals surface area contributed by atoms with Crippen molar-refractivity contribution in [1.29, 1.82) is 0 Å². The van der Waals surface area contributed by atoms with Gasteiger partial charge in [0, 0.05) is 21.6 Å². The summed E-state index contributed by atoms with van der Waals surface area (Å²) in [6, 6.07) is 21.5. The van der Waals surface area contributed by atoms with Crippen LogP contribution in [-0.4, -0.2) is 0 Å². The first-order chi connectivity index (χ1) is 9.92. The fourth-order valence-electron chi connectivity index (χ4n) is 3.04. The highest BCUT2D eigenvalue weighted by molar-refractivity contribution is 5.86. The Bertz CT molecular complexity index is 1090. The smallest absolute Gasteiger partial charge is 0.0817 e. The average molecular weight is 253 g/mol. The summed E-state index contributed by atoms with van der Waals surface area (Å²) in [5, 5.41) is 4.39. The maximum Gasteiger partial charge on any atom is 0.0817 e. The molecule has 1 radical (unpaired) electrons. The lowest BCUT2D eigenvalue weighted by Gasteiger charge is -2.01. The third-order valence-corrected chi connectivity index (χ3v) is 3.93. The minimum atomic E-state index is 1.02. The van der Waals surface area contributed by atoms with Crippen LogP contribution < -0.4 is 10.7 Å². The Morgan fingerprint density at radius 2 is 1.75 bits per heavy atom. The van der Waals surface area contributed by atoms with Crippen molar-refractivity contribution >= 4 is 11.4 Å². The summed E-state index contributed by atoms with van der Waals surface area (Å²) in [6.07, 6.45) is 0. The summed E-state index contributed by atoms with van der Waals surface area (Å²) in [5.74, 6) is 0. The molecular weight excluding hydrogens is 244 g/mol.